The molecule has 0 saturated carbocycles. The normalized spacial score (nSPS) is 18.4. The molecule has 0 bridgehead atoms. The summed E-state index contributed by atoms with van der Waals surface area (Å²) in [5.74, 6) is 0.957. The van der Waals surface area contributed by atoms with Crippen molar-refractivity contribution >= 4 is 0 Å². The highest BCUT2D eigenvalue weighted by atomic mass is 16.5. The first kappa shape index (κ1) is 16.0. The summed E-state index contributed by atoms with van der Waals surface area (Å²) in [5, 5.41) is 0. The fourth-order valence-electron chi connectivity index (χ4n) is 3.19. The molecule has 1 atom stereocenters. The third-order valence-corrected chi connectivity index (χ3v) is 4.65. The van der Waals surface area contributed by atoms with Crippen LogP contribution in [-0.4, -0.2) is 39.6 Å². The Hall–Kier alpha value is -2.50. The maximum atomic E-state index is 5.73. The highest BCUT2D eigenvalue weighted by molar-refractivity contribution is 5.57. The van der Waals surface area contributed by atoms with Crippen molar-refractivity contribution in [2.75, 3.05) is 19.8 Å². The zero-order chi connectivity index (χ0) is 17.1. The average molecular weight is 334 g/mol. The van der Waals surface area contributed by atoms with Crippen LogP contribution in [0.25, 0.3) is 11.3 Å². The molecule has 25 heavy (non-hydrogen) atoms. The molecule has 1 N–H and O–H groups in total. The van der Waals surface area contributed by atoms with Gasteiger partial charge in [-0.3, -0.25) is 9.88 Å². The average Bonchev–Trinajstić information content (AvgIpc) is 3.15. The van der Waals surface area contributed by atoms with Gasteiger partial charge < -0.3 is 9.72 Å². The van der Waals surface area contributed by atoms with Gasteiger partial charge in [-0.25, -0.2) is 4.98 Å². The molecule has 0 spiro atoms. The van der Waals surface area contributed by atoms with Gasteiger partial charge in [-0.2, -0.15) is 0 Å². The van der Waals surface area contributed by atoms with Crippen molar-refractivity contribution in [1.29, 1.82) is 0 Å². The van der Waals surface area contributed by atoms with E-state index in [2.05, 4.69) is 51.0 Å². The van der Waals surface area contributed by atoms with Gasteiger partial charge in [0.25, 0.3) is 0 Å². The zero-order valence-corrected chi connectivity index (χ0v) is 14.4. The Bertz CT molecular complexity index is 813. The van der Waals surface area contributed by atoms with Crippen LogP contribution >= 0.6 is 0 Å². The summed E-state index contributed by atoms with van der Waals surface area (Å²) < 4.78 is 5.73. The lowest BCUT2D eigenvalue weighted by Crippen LogP contribution is -2.39. The number of ether oxygens (including phenoxy) is 1. The number of hydrogen-bond acceptors (Lipinski definition) is 4. The van der Waals surface area contributed by atoms with Gasteiger partial charge in [0.05, 0.1) is 31.1 Å². The van der Waals surface area contributed by atoms with E-state index in [1.54, 1.807) is 12.4 Å². The molecule has 1 fully saturated rings. The molecule has 5 nitrogen and oxygen atoms in total. The van der Waals surface area contributed by atoms with Crippen molar-refractivity contribution in [2.24, 2.45) is 0 Å². The molecule has 4 rings (SSSR count). The number of H-pyrrole nitrogens is 1. The second kappa shape index (κ2) is 7.17. The second-order valence-corrected chi connectivity index (χ2v) is 6.46. The Labute approximate surface area is 147 Å². The molecule has 3 heterocycles. The van der Waals surface area contributed by atoms with E-state index in [0.717, 1.165) is 36.8 Å². The topological polar surface area (TPSA) is 54.0 Å². The summed E-state index contributed by atoms with van der Waals surface area (Å²) >= 11 is 0. The summed E-state index contributed by atoms with van der Waals surface area (Å²) in [6.45, 7) is 5.35. The molecule has 1 aromatic carbocycles. The van der Waals surface area contributed by atoms with E-state index in [1.807, 2.05) is 18.3 Å². The Morgan fingerprint density at radius 3 is 2.76 bits per heavy atom. The second-order valence-electron chi connectivity index (χ2n) is 6.46. The fourth-order valence-corrected chi connectivity index (χ4v) is 3.19. The lowest BCUT2D eigenvalue weighted by Gasteiger charge is -2.34. The number of nitrogens with zero attached hydrogens (tertiary/aromatic N) is 3. The number of morpholine rings is 1. The summed E-state index contributed by atoms with van der Waals surface area (Å²) in [6.07, 6.45) is 5.48. The molecule has 3 aromatic rings. The quantitative estimate of drug-likeness (QED) is 0.795. The molecule has 0 aliphatic carbocycles. The molecule has 1 saturated heterocycles. The van der Waals surface area contributed by atoms with Crippen LogP contribution in [0, 0.1) is 6.92 Å². The highest BCUT2D eigenvalue weighted by Crippen LogP contribution is 2.26. The zero-order valence-electron chi connectivity index (χ0n) is 14.4. The maximum Gasteiger partial charge on any atom is 0.126 e. The molecule has 0 radical (unpaired) electrons. The van der Waals surface area contributed by atoms with Crippen LogP contribution in [0.1, 0.15) is 23.0 Å². The Morgan fingerprint density at radius 1 is 1.16 bits per heavy atom. The van der Waals surface area contributed by atoms with Gasteiger partial charge in [-0.05, 0) is 24.6 Å². The molecular weight excluding hydrogens is 312 g/mol. The summed E-state index contributed by atoms with van der Waals surface area (Å²) in [5.41, 5.74) is 4.71. The van der Waals surface area contributed by atoms with Crippen LogP contribution in [0.3, 0.4) is 0 Å². The number of hydrogen-bond donors (Lipinski definition) is 1. The Kier molecular flexibility index (Phi) is 4.59. The van der Waals surface area contributed by atoms with Crippen molar-refractivity contribution in [2.45, 2.75) is 19.5 Å². The van der Waals surface area contributed by atoms with Crippen molar-refractivity contribution in [3.05, 3.63) is 71.9 Å². The number of aromatic amines is 1. The van der Waals surface area contributed by atoms with E-state index in [-0.39, 0.29) is 6.04 Å². The molecule has 1 unspecified atom stereocenters. The predicted molar refractivity (Wildman–Crippen MR) is 97.0 cm³/mol. The van der Waals surface area contributed by atoms with Crippen molar-refractivity contribution < 1.29 is 4.74 Å². The van der Waals surface area contributed by atoms with Gasteiger partial charge in [0, 0.05) is 31.0 Å². The standard InChI is InChI=1S/C20H22N4O/c1-15-2-4-16(5-3-15)13-24-10-11-25-14-19(24)20-22-12-18(23-20)17-6-8-21-9-7-17/h2-9,12,19H,10-11,13-14H2,1H3,(H,22,23). The number of benzene rings is 1. The van der Waals surface area contributed by atoms with Gasteiger partial charge in [-0.15, -0.1) is 0 Å². The van der Waals surface area contributed by atoms with E-state index in [0.29, 0.717) is 6.61 Å². The van der Waals surface area contributed by atoms with E-state index in [4.69, 9.17) is 4.74 Å². The van der Waals surface area contributed by atoms with Crippen molar-refractivity contribution in [3.63, 3.8) is 0 Å². The Morgan fingerprint density at radius 2 is 1.96 bits per heavy atom. The van der Waals surface area contributed by atoms with Crippen molar-refractivity contribution in [3.8, 4) is 11.3 Å². The van der Waals surface area contributed by atoms with E-state index in [9.17, 15) is 0 Å². The molecule has 128 valence electrons. The minimum absolute atomic E-state index is 0.144. The Balaban J connectivity index is 1.55. The maximum absolute atomic E-state index is 5.73. The van der Waals surface area contributed by atoms with Gasteiger partial charge >= 0.3 is 0 Å². The lowest BCUT2D eigenvalue weighted by molar-refractivity contribution is -0.0156. The van der Waals surface area contributed by atoms with E-state index >= 15 is 0 Å². The monoisotopic (exact) mass is 334 g/mol. The molecule has 1 aliphatic heterocycles. The fraction of sp³-hybridized carbons (Fsp3) is 0.300. The van der Waals surface area contributed by atoms with E-state index < -0.39 is 0 Å². The van der Waals surface area contributed by atoms with Crippen LogP contribution in [0.5, 0.6) is 0 Å². The first-order valence-electron chi connectivity index (χ1n) is 8.62. The molecule has 1 aliphatic rings. The first-order valence-corrected chi connectivity index (χ1v) is 8.62. The van der Waals surface area contributed by atoms with Crippen LogP contribution in [-0.2, 0) is 11.3 Å². The minimum Gasteiger partial charge on any atom is -0.378 e. The largest absolute Gasteiger partial charge is 0.378 e. The summed E-state index contributed by atoms with van der Waals surface area (Å²) in [7, 11) is 0. The number of pyridine rings is 1. The highest BCUT2D eigenvalue weighted by Gasteiger charge is 2.27. The van der Waals surface area contributed by atoms with Crippen LogP contribution in [0.2, 0.25) is 0 Å². The number of aromatic nitrogens is 3. The molecule has 0 amide bonds. The van der Waals surface area contributed by atoms with Gasteiger partial charge in [0.15, 0.2) is 0 Å². The minimum atomic E-state index is 0.144. The number of aryl methyl sites for hydroxylation is 1. The van der Waals surface area contributed by atoms with E-state index in [1.165, 1.54) is 11.1 Å². The van der Waals surface area contributed by atoms with Crippen LogP contribution < -0.4 is 0 Å². The molecule has 2 aromatic heterocycles. The van der Waals surface area contributed by atoms with Crippen LogP contribution in [0.15, 0.2) is 55.0 Å². The third-order valence-electron chi connectivity index (χ3n) is 4.65. The molecular formula is C20H22N4O. The lowest BCUT2D eigenvalue weighted by atomic mass is 10.1. The van der Waals surface area contributed by atoms with Gasteiger partial charge in [0.2, 0.25) is 0 Å². The predicted octanol–water partition coefficient (Wildman–Crippen LogP) is 3.35. The van der Waals surface area contributed by atoms with Crippen LogP contribution in [0.4, 0.5) is 0 Å². The number of rotatable bonds is 4. The number of nitrogens with one attached hydrogen (secondary N) is 1. The van der Waals surface area contributed by atoms with Crippen molar-refractivity contribution in [1.82, 2.24) is 19.9 Å². The summed E-state index contributed by atoms with van der Waals surface area (Å²) in [6, 6.07) is 12.8. The van der Waals surface area contributed by atoms with Gasteiger partial charge in [0.1, 0.15) is 5.82 Å². The SMILES string of the molecule is Cc1ccc(CN2CCOCC2c2ncc(-c3ccncc3)[nH]2)cc1. The molecule has 5 heteroatoms. The first-order chi connectivity index (χ1) is 12.3. The smallest absolute Gasteiger partial charge is 0.126 e. The summed E-state index contributed by atoms with van der Waals surface area (Å²) in [4.78, 5) is 14.6. The third kappa shape index (κ3) is 3.62. The van der Waals surface area contributed by atoms with Gasteiger partial charge in [-0.1, -0.05) is 29.8 Å². The number of imidazole rings is 1.